The van der Waals surface area contributed by atoms with Gasteiger partial charge < -0.3 is 5.32 Å². The van der Waals surface area contributed by atoms with Crippen LogP contribution >= 0.6 is 46.6 Å². The van der Waals surface area contributed by atoms with Gasteiger partial charge in [-0.05, 0) is 18.2 Å². The molecule has 0 spiro atoms. The molecule has 5 nitrogen and oxygen atoms in total. The van der Waals surface area contributed by atoms with Crippen molar-refractivity contribution < 1.29 is 4.79 Å². The minimum Gasteiger partial charge on any atom is -0.324 e. The molecule has 0 aliphatic carbocycles. The van der Waals surface area contributed by atoms with Gasteiger partial charge >= 0.3 is 0 Å². The Hall–Kier alpha value is -1.73. The van der Waals surface area contributed by atoms with Gasteiger partial charge in [-0.2, -0.15) is 5.10 Å². The summed E-state index contributed by atoms with van der Waals surface area (Å²) in [6, 6.07) is 11.2. The largest absolute Gasteiger partial charge is 0.324 e. The number of carbonyl (C=O) groups is 1. The maximum atomic E-state index is 12.4. The average molecular weight is 440 g/mol. The number of aliphatic imine (C=N–C) groups is 1. The van der Waals surface area contributed by atoms with Gasteiger partial charge in [-0.3, -0.25) is 4.79 Å². The van der Waals surface area contributed by atoms with E-state index in [-0.39, 0.29) is 17.7 Å². The molecule has 0 bridgehead atoms. The van der Waals surface area contributed by atoms with Crippen molar-refractivity contribution in [3.63, 3.8) is 0 Å². The van der Waals surface area contributed by atoms with Crippen molar-refractivity contribution in [3.05, 3.63) is 57.0 Å². The number of nitrogens with zero attached hydrogens (tertiary/aromatic N) is 3. The highest BCUT2D eigenvalue weighted by Crippen LogP contribution is 2.41. The van der Waals surface area contributed by atoms with Crippen molar-refractivity contribution in [2.75, 3.05) is 11.1 Å². The summed E-state index contributed by atoms with van der Waals surface area (Å²) in [4.78, 5) is 17.0. The minimum atomic E-state index is -0.221. The van der Waals surface area contributed by atoms with Crippen LogP contribution in [0.5, 0.6) is 0 Å². The van der Waals surface area contributed by atoms with Gasteiger partial charge in [0.2, 0.25) is 5.91 Å². The second-order valence-electron chi connectivity index (χ2n) is 5.93. The number of fused-ring (bicyclic) bond motifs is 3. The summed E-state index contributed by atoms with van der Waals surface area (Å²) < 4.78 is 0. The first-order chi connectivity index (χ1) is 13.0. The number of para-hydroxylation sites is 1. The number of nitrogens with one attached hydrogen (secondary N) is 1. The predicted molar refractivity (Wildman–Crippen MR) is 114 cm³/mol. The van der Waals surface area contributed by atoms with E-state index in [1.807, 2.05) is 29.4 Å². The molecule has 0 saturated heterocycles. The number of carbonyl (C=O) groups excluding carboxylic acids is 1. The number of rotatable bonds is 3. The quantitative estimate of drug-likeness (QED) is 0.619. The molecule has 0 radical (unpaired) electrons. The van der Waals surface area contributed by atoms with Gasteiger partial charge in [-0.15, -0.1) is 0 Å². The molecule has 2 aromatic rings. The third-order valence-electron chi connectivity index (χ3n) is 4.15. The summed E-state index contributed by atoms with van der Waals surface area (Å²) in [5.74, 6) is -0.0578. The number of hydrazone groups is 1. The minimum absolute atomic E-state index is 0.133. The highest BCUT2D eigenvalue weighted by atomic mass is 35.5. The Balaban J connectivity index is 1.47. The smallest absolute Gasteiger partial charge is 0.234 e. The molecule has 1 atom stereocenters. The van der Waals surface area contributed by atoms with Crippen LogP contribution in [0.3, 0.4) is 0 Å². The lowest BCUT2D eigenvalue weighted by Gasteiger charge is -2.29. The third-order valence-corrected chi connectivity index (χ3v) is 6.13. The van der Waals surface area contributed by atoms with Gasteiger partial charge in [-0.25, -0.2) is 10.0 Å². The topological polar surface area (TPSA) is 57.1 Å². The highest BCUT2D eigenvalue weighted by molar-refractivity contribution is 8.14. The fraction of sp³-hybridized carbons (Fsp3) is 0.167. The third kappa shape index (κ3) is 3.80. The van der Waals surface area contributed by atoms with E-state index in [9.17, 15) is 4.79 Å². The monoisotopic (exact) mass is 438 g/mol. The van der Waals surface area contributed by atoms with Crippen molar-refractivity contribution in [2.45, 2.75) is 12.5 Å². The van der Waals surface area contributed by atoms with E-state index in [0.717, 1.165) is 17.7 Å². The van der Waals surface area contributed by atoms with E-state index in [0.29, 0.717) is 25.9 Å². The summed E-state index contributed by atoms with van der Waals surface area (Å²) in [6.07, 6.45) is 2.69. The van der Waals surface area contributed by atoms with Crippen LogP contribution in [0, 0.1) is 0 Å². The van der Waals surface area contributed by atoms with Gasteiger partial charge in [-0.1, -0.05) is 64.8 Å². The number of benzene rings is 2. The Kier molecular flexibility index (Phi) is 5.32. The second-order valence-corrected chi connectivity index (χ2v) is 8.09. The Morgan fingerprint density at radius 3 is 2.81 bits per heavy atom. The first-order valence-corrected chi connectivity index (χ1v) is 10.2. The average Bonchev–Trinajstić information content (AvgIpc) is 3.14. The molecule has 1 amide bonds. The molecule has 2 heterocycles. The standard InChI is InChI=1S/C18H13Cl3N4OS/c19-11-7-13(21)15(8-12(11)20)23-17(26)9-27-18-24-14-4-2-1-3-10(14)16-5-6-22-25(16)18/h1-4,6-8,16H,5,9H2,(H,23,26)/t16-/m0/s1. The zero-order chi connectivity index (χ0) is 19.0. The normalized spacial score (nSPS) is 17.4. The molecule has 4 rings (SSSR count). The van der Waals surface area contributed by atoms with E-state index in [2.05, 4.69) is 21.5 Å². The lowest BCUT2D eigenvalue weighted by atomic mass is 10.0. The summed E-state index contributed by atoms with van der Waals surface area (Å²) in [7, 11) is 0. The number of amidine groups is 1. The van der Waals surface area contributed by atoms with Crippen LogP contribution < -0.4 is 5.32 Å². The number of hydrogen-bond acceptors (Lipinski definition) is 5. The van der Waals surface area contributed by atoms with Gasteiger partial charge in [0.05, 0.1) is 38.2 Å². The molecule has 27 heavy (non-hydrogen) atoms. The lowest BCUT2D eigenvalue weighted by molar-refractivity contribution is -0.113. The van der Waals surface area contributed by atoms with Gasteiger partial charge in [0.1, 0.15) is 0 Å². The SMILES string of the molecule is O=C(CSC1=Nc2ccccc2[C@@H]2CC=NN12)Nc1cc(Cl)c(Cl)cc1Cl. The van der Waals surface area contributed by atoms with Gasteiger partial charge in [0.15, 0.2) is 5.17 Å². The Morgan fingerprint density at radius 1 is 1.19 bits per heavy atom. The lowest BCUT2D eigenvalue weighted by Crippen LogP contribution is -2.29. The maximum absolute atomic E-state index is 12.4. The molecule has 2 aromatic carbocycles. The van der Waals surface area contributed by atoms with Crippen LogP contribution in [0.15, 0.2) is 46.5 Å². The number of amides is 1. The van der Waals surface area contributed by atoms with Crippen molar-refractivity contribution in [1.82, 2.24) is 5.01 Å². The zero-order valence-electron chi connectivity index (χ0n) is 13.8. The van der Waals surface area contributed by atoms with Crippen LogP contribution in [0.4, 0.5) is 11.4 Å². The first kappa shape index (κ1) is 18.6. The molecule has 9 heteroatoms. The number of anilines is 1. The molecule has 138 valence electrons. The van der Waals surface area contributed by atoms with E-state index in [1.54, 1.807) is 0 Å². The first-order valence-electron chi connectivity index (χ1n) is 8.09. The molecule has 0 unspecified atom stereocenters. The second kappa shape index (κ2) is 7.72. The molecule has 0 saturated carbocycles. The molecule has 2 aliphatic heterocycles. The molecule has 0 aromatic heterocycles. The van der Waals surface area contributed by atoms with Crippen LogP contribution in [0.25, 0.3) is 0 Å². The van der Waals surface area contributed by atoms with Crippen LogP contribution in [0.2, 0.25) is 15.1 Å². The zero-order valence-corrected chi connectivity index (χ0v) is 16.9. The van der Waals surface area contributed by atoms with Gasteiger partial charge in [0, 0.05) is 18.2 Å². The van der Waals surface area contributed by atoms with E-state index in [4.69, 9.17) is 34.8 Å². The number of thioether (sulfide) groups is 1. The summed E-state index contributed by atoms with van der Waals surface area (Å²) in [5.41, 5.74) is 2.48. The summed E-state index contributed by atoms with van der Waals surface area (Å²) in [5, 5.41) is 10.7. The van der Waals surface area contributed by atoms with Crippen molar-refractivity contribution in [2.24, 2.45) is 10.1 Å². The van der Waals surface area contributed by atoms with Crippen molar-refractivity contribution in [1.29, 1.82) is 0 Å². The van der Waals surface area contributed by atoms with Crippen LogP contribution in [0.1, 0.15) is 18.0 Å². The highest BCUT2D eigenvalue weighted by Gasteiger charge is 2.32. The van der Waals surface area contributed by atoms with E-state index in [1.165, 1.54) is 23.9 Å². The molecule has 0 fully saturated rings. The Morgan fingerprint density at radius 2 is 1.96 bits per heavy atom. The molecular formula is C18H13Cl3N4OS. The molecular weight excluding hydrogens is 427 g/mol. The summed E-state index contributed by atoms with van der Waals surface area (Å²) >= 11 is 19.3. The molecule has 1 N–H and O–H groups in total. The maximum Gasteiger partial charge on any atom is 0.234 e. The van der Waals surface area contributed by atoms with Gasteiger partial charge in [0.25, 0.3) is 0 Å². The fourth-order valence-electron chi connectivity index (χ4n) is 2.92. The van der Waals surface area contributed by atoms with E-state index < -0.39 is 0 Å². The Labute approximate surface area is 175 Å². The van der Waals surface area contributed by atoms with Crippen LogP contribution in [-0.4, -0.2) is 28.1 Å². The fourth-order valence-corrected chi connectivity index (χ4v) is 4.31. The van der Waals surface area contributed by atoms with E-state index >= 15 is 0 Å². The van der Waals surface area contributed by atoms with Crippen LogP contribution in [-0.2, 0) is 4.79 Å². The molecule has 2 aliphatic rings. The number of hydrogen-bond donors (Lipinski definition) is 1. The van der Waals surface area contributed by atoms with Crippen molar-refractivity contribution in [3.8, 4) is 0 Å². The van der Waals surface area contributed by atoms with Crippen molar-refractivity contribution >= 4 is 75.2 Å². The Bertz CT molecular complexity index is 979. The number of halogens is 3. The predicted octanol–water partition coefficient (Wildman–Crippen LogP) is 5.75. The summed E-state index contributed by atoms with van der Waals surface area (Å²) in [6.45, 7) is 0.